The largest absolute Gasteiger partial charge is 0.378 e. The first-order valence-electron chi connectivity index (χ1n) is 9.30. The van der Waals surface area contributed by atoms with Crippen molar-refractivity contribution in [1.29, 1.82) is 0 Å². The Morgan fingerprint density at radius 2 is 1.87 bits per heavy atom. The molecule has 1 aromatic heterocycles. The van der Waals surface area contributed by atoms with Crippen LogP contribution < -0.4 is 16.2 Å². The van der Waals surface area contributed by atoms with E-state index in [1.165, 1.54) is 19.1 Å². The molecule has 1 aromatic carbocycles. The molecular formula is C19H20FN5O5S. The molecule has 164 valence electrons. The van der Waals surface area contributed by atoms with Crippen LogP contribution >= 0.6 is 11.8 Å². The van der Waals surface area contributed by atoms with Gasteiger partial charge in [0.25, 0.3) is 11.5 Å². The molecule has 0 aliphatic carbocycles. The molecule has 0 unspecified atom stereocenters. The summed E-state index contributed by atoms with van der Waals surface area (Å²) < 4.78 is 18.3. The van der Waals surface area contributed by atoms with Crippen LogP contribution in [0.1, 0.15) is 17.3 Å². The van der Waals surface area contributed by atoms with E-state index in [1.54, 1.807) is 4.90 Å². The van der Waals surface area contributed by atoms with Crippen LogP contribution in [0.3, 0.4) is 0 Å². The van der Waals surface area contributed by atoms with Crippen molar-refractivity contribution in [3.05, 3.63) is 46.0 Å². The van der Waals surface area contributed by atoms with Crippen molar-refractivity contribution in [1.82, 2.24) is 14.9 Å². The number of hydrogen-bond donors (Lipinski definition) is 3. The number of aromatic nitrogens is 2. The van der Waals surface area contributed by atoms with E-state index >= 15 is 0 Å². The van der Waals surface area contributed by atoms with Crippen molar-refractivity contribution in [2.24, 2.45) is 0 Å². The van der Waals surface area contributed by atoms with Gasteiger partial charge in [0.2, 0.25) is 11.8 Å². The van der Waals surface area contributed by atoms with Gasteiger partial charge < -0.3 is 20.3 Å². The third kappa shape index (κ3) is 6.12. The molecule has 2 aromatic rings. The molecular weight excluding hydrogens is 429 g/mol. The molecule has 1 aliphatic heterocycles. The number of ether oxygens (including phenoxy) is 1. The van der Waals surface area contributed by atoms with Gasteiger partial charge in [-0.15, -0.1) is 0 Å². The van der Waals surface area contributed by atoms with Crippen LogP contribution in [-0.4, -0.2) is 64.6 Å². The SMILES string of the molecule is CC(=O)Nc1nc(SCC(=O)N2CCOCC2)[nH]c(=O)c1NC(=O)c1ccc(F)cc1. The van der Waals surface area contributed by atoms with Gasteiger partial charge in [-0.3, -0.25) is 24.2 Å². The van der Waals surface area contributed by atoms with Gasteiger partial charge in [0.05, 0.1) is 19.0 Å². The van der Waals surface area contributed by atoms with Gasteiger partial charge in [0.1, 0.15) is 5.82 Å². The highest BCUT2D eigenvalue weighted by Crippen LogP contribution is 2.20. The molecule has 2 heterocycles. The highest BCUT2D eigenvalue weighted by molar-refractivity contribution is 7.99. The van der Waals surface area contributed by atoms with Crippen molar-refractivity contribution < 1.29 is 23.5 Å². The smallest absolute Gasteiger partial charge is 0.277 e. The molecule has 1 aliphatic rings. The summed E-state index contributed by atoms with van der Waals surface area (Å²) in [7, 11) is 0. The van der Waals surface area contributed by atoms with E-state index in [2.05, 4.69) is 20.6 Å². The van der Waals surface area contributed by atoms with Gasteiger partial charge in [-0.2, -0.15) is 0 Å². The summed E-state index contributed by atoms with van der Waals surface area (Å²) in [6.45, 7) is 3.16. The highest BCUT2D eigenvalue weighted by Gasteiger charge is 2.20. The number of anilines is 2. The molecule has 0 saturated carbocycles. The molecule has 0 spiro atoms. The molecule has 12 heteroatoms. The first kappa shape index (κ1) is 22.4. The minimum atomic E-state index is -0.712. The van der Waals surface area contributed by atoms with Crippen LogP contribution in [-0.2, 0) is 14.3 Å². The quantitative estimate of drug-likeness (QED) is 0.444. The number of morpholine rings is 1. The number of thioether (sulfide) groups is 1. The first-order chi connectivity index (χ1) is 14.8. The van der Waals surface area contributed by atoms with Gasteiger partial charge in [-0.25, -0.2) is 9.37 Å². The summed E-state index contributed by atoms with van der Waals surface area (Å²) in [6, 6.07) is 4.73. The number of benzene rings is 1. The van der Waals surface area contributed by atoms with Crippen LogP contribution in [0.25, 0.3) is 0 Å². The lowest BCUT2D eigenvalue weighted by Crippen LogP contribution is -2.41. The molecule has 0 bridgehead atoms. The normalized spacial score (nSPS) is 13.5. The summed E-state index contributed by atoms with van der Waals surface area (Å²) in [5.41, 5.74) is -0.868. The van der Waals surface area contributed by atoms with Crippen LogP contribution in [0.4, 0.5) is 15.9 Å². The average molecular weight is 449 g/mol. The van der Waals surface area contributed by atoms with Crippen molar-refractivity contribution in [3.63, 3.8) is 0 Å². The lowest BCUT2D eigenvalue weighted by atomic mass is 10.2. The van der Waals surface area contributed by atoms with Crippen LogP contribution in [0.2, 0.25) is 0 Å². The second kappa shape index (κ2) is 10.2. The fraction of sp³-hybridized carbons (Fsp3) is 0.316. The number of rotatable bonds is 6. The lowest BCUT2D eigenvalue weighted by molar-refractivity contribution is -0.132. The first-order valence-corrected chi connectivity index (χ1v) is 10.3. The van der Waals surface area contributed by atoms with Gasteiger partial charge >= 0.3 is 0 Å². The fourth-order valence-electron chi connectivity index (χ4n) is 2.72. The number of carbonyl (C=O) groups is 3. The second-order valence-electron chi connectivity index (χ2n) is 6.52. The van der Waals surface area contributed by atoms with E-state index in [0.717, 1.165) is 23.9 Å². The third-order valence-electron chi connectivity index (χ3n) is 4.23. The zero-order chi connectivity index (χ0) is 22.4. The van der Waals surface area contributed by atoms with E-state index in [4.69, 9.17) is 4.74 Å². The van der Waals surface area contributed by atoms with Crippen molar-refractivity contribution in [3.8, 4) is 0 Å². The second-order valence-corrected chi connectivity index (χ2v) is 7.48. The molecule has 3 N–H and O–H groups in total. The number of hydrogen-bond acceptors (Lipinski definition) is 7. The maximum atomic E-state index is 13.1. The molecule has 10 nitrogen and oxygen atoms in total. The van der Waals surface area contributed by atoms with Crippen LogP contribution in [0, 0.1) is 5.82 Å². The minimum absolute atomic E-state index is 0.0315. The molecule has 1 fully saturated rings. The summed E-state index contributed by atoms with van der Waals surface area (Å²) in [5, 5.41) is 4.89. The number of carbonyl (C=O) groups excluding carboxylic acids is 3. The number of nitrogens with one attached hydrogen (secondary N) is 3. The number of halogens is 1. The number of amides is 3. The Balaban J connectivity index is 1.77. The molecule has 3 amide bonds. The Hall–Kier alpha value is -3.25. The van der Waals surface area contributed by atoms with Gasteiger partial charge in [0, 0.05) is 25.6 Å². The Bertz CT molecular complexity index is 1040. The van der Waals surface area contributed by atoms with E-state index in [-0.39, 0.29) is 33.9 Å². The van der Waals surface area contributed by atoms with Gasteiger partial charge in [0.15, 0.2) is 16.7 Å². The standard InChI is InChI=1S/C19H20FN5O5S/c1-11(26)21-16-15(22-17(28)12-2-4-13(20)5-3-12)18(29)24-19(23-16)31-10-14(27)25-6-8-30-9-7-25/h2-5H,6-10H2,1H3,(H,22,28)(H2,21,23,24,26,29). The number of H-pyrrole nitrogens is 1. The number of aromatic amines is 1. The van der Waals surface area contributed by atoms with E-state index in [0.29, 0.717) is 26.3 Å². The van der Waals surface area contributed by atoms with Gasteiger partial charge in [-0.05, 0) is 24.3 Å². The Morgan fingerprint density at radius 1 is 1.19 bits per heavy atom. The van der Waals surface area contributed by atoms with Crippen molar-refractivity contribution >= 4 is 41.0 Å². The lowest BCUT2D eigenvalue weighted by Gasteiger charge is -2.26. The molecule has 0 radical (unpaired) electrons. The zero-order valence-corrected chi connectivity index (χ0v) is 17.4. The Kier molecular flexibility index (Phi) is 7.36. The van der Waals surface area contributed by atoms with Gasteiger partial charge in [-0.1, -0.05) is 11.8 Å². The zero-order valence-electron chi connectivity index (χ0n) is 16.6. The fourth-order valence-corrected chi connectivity index (χ4v) is 3.48. The van der Waals surface area contributed by atoms with E-state index in [9.17, 15) is 23.6 Å². The molecule has 31 heavy (non-hydrogen) atoms. The van der Waals surface area contributed by atoms with Crippen molar-refractivity contribution in [2.75, 3.05) is 42.7 Å². The van der Waals surface area contributed by atoms with E-state index < -0.39 is 23.2 Å². The summed E-state index contributed by atoms with van der Waals surface area (Å²) in [5.74, 6) is -1.96. The number of nitrogens with zero attached hydrogens (tertiary/aromatic N) is 2. The molecule has 3 rings (SSSR count). The van der Waals surface area contributed by atoms with Crippen molar-refractivity contribution in [2.45, 2.75) is 12.1 Å². The average Bonchev–Trinajstić information content (AvgIpc) is 2.75. The maximum absolute atomic E-state index is 13.1. The topological polar surface area (TPSA) is 133 Å². The maximum Gasteiger partial charge on any atom is 0.277 e. The Morgan fingerprint density at radius 3 is 2.52 bits per heavy atom. The summed E-state index contributed by atoms with van der Waals surface area (Å²) in [4.78, 5) is 57.1. The Labute approximate surface area is 180 Å². The summed E-state index contributed by atoms with van der Waals surface area (Å²) in [6.07, 6.45) is 0. The molecule has 1 saturated heterocycles. The molecule has 0 atom stereocenters. The predicted molar refractivity (Wildman–Crippen MR) is 112 cm³/mol. The summed E-state index contributed by atoms with van der Waals surface area (Å²) >= 11 is 0.999. The highest BCUT2D eigenvalue weighted by atomic mass is 32.2. The van der Waals surface area contributed by atoms with Crippen LogP contribution in [0.15, 0.2) is 34.2 Å². The predicted octanol–water partition coefficient (Wildman–Crippen LogP) is 1.07. The minimum Gasteiger partial charge on any atom is -0.378 e. The third-order valence-corrected chi connectivity index (χ3v) is 5.09. The van der Waals surface area contributed by atoms with E-state index in [1.807, 2.05) is 0 Å². The monoisotopic (exact) mass is 449 g/mol. The van der Waals surface area contributed by atoms with Crippen LogP contribution in [0.5, 0.6) is 0 Å².